The molecule has 2 aromatic heterocycles. The predicted octanol–water partition coefficient (Wildman–Crippen LogP) is 4.21. The van der Waals surface area contributed by atoms with Gasteiger partial charge in [-0.1, -0.05) is 36.4 Å². The van der Waals surface area contributed by atoms with E-state index < -0.39 is 0 Å². The third-order valence-corrected chi connectivity index (χ3v) is 4.60. The first kappa shape index (κ1) is 19.3. The monoisotopic (exact) mass is 399 g/mol. The van der Waals surface area contributed by atoms with Gasteiger partial charge in [0.2, 0.25) is 5.95 Å². The van der Waals surface area contributed by atoms with Gasteiger partial charge < -0.3 is 15.4 Å². The van der Waals surface area contributed by atoms with Crippen molar-refractivity contribution < 1.29 is 9.53 Å². The minimum Gasteiger partial charge on any atom is -0.496 e. The van der Waals surface area contributed by atoms with Gasteiger partial charge in [0.15, 0.2) is 0 Å². The Hall–Kier alpha value is -4.00. The van der Waals surface area contributed by atoms with E-state index in [2.05, 4.69) is 25.6 Å². The van der Waals surface area contributed by atoms with Gasteiger partial charge in [-0.25, -0.2) is 9.97 Å². The van der Waals surface area contributed by atoms with E-state index in [0.29, 0.717) is 23.9 Å². The molecule has 0 aliphatic rings. The van der Waals surface area contributed by atoms with Crippen molar-refractivity contribution in [2.24, 2.45) is 0 Å². The molecule has 0 saturated carbocycles. The molecule has 0 fully saturated rings. The van der Waals surface area contributed by atoms with Crippen molar-refractivity contribution in [2.45, 2.75) is 13.5 Å². The van der Waals surface area contributed by atoms with E-state index in [1.54, 1.807) is 19.4 Å². The topological polar surface area (TPSA) is 89.0 Å². The summed E-state index contributed by atoms with van der Waals surface area (Å²) in [6, 6.07) is 18.8. The summed E-state index contributed by atoms with van der Waals surface area (Å²) in [5.74, 6) is 0.833. The summed E-state index contributed by atoms with van der Waals surface area (Å²) in [6.07, 6.45) is 1.70. The molecule has 0 aliphatic heterocycles. The Bertz CT molecular complexity index is 1200. The number of rotatable bonds is 6. The number of nitrogens with zero attached hydrogens (tertiary/aromatic N) is 3. The fraction of sp³-hybridized carbons (Fsp3) is 0.130. The Morgan fingerprint density at radius 3 is 2.73 bits per heavy atom. The van der Waals surface area contributed by atoms with Crippen LogP contribution in [0.15, 0.2) is 66.9 Å². The van der Waals surface area contributed by atoms with E-state index in [0.717, 1.165) is 22.2 Å². The number of nitrogens with one attached hydrogen (secondary N) is 2. The lowest BCUT2D eigenvalue weighted by Gasteiger charge is -2.11. The molecule has 2 N–H and O–H groups in total. The zero-order chi connectivity index (χ0) is 20.9. The van der Waals surface area contributed by atoms with Gasteiger partial charge in [-0.15, -0.1) is 0 Å². The van der Waals surface area contributed by atoms with Crippen molar-refractivity contribution >= 4 is 28.4 Å². The van der Waals surface area contributed by atoms with Crippen LogP contribution >= 0.6 is 0 Å². The number of ether oxygens (including phenoxy) is 1. The van der Waals surface area contributed by atoms with E-state index in [9.17, 15) is 4.79 Å². The normalized spacial score (nSPS) is 10.6. The average molecular weight is 399 g/mol. The lowest BCUT2D eigenvalue weighted by Crippen LogP contribution is -2.16. The Morgan fingerprint density at radius 1 is 1.03 bits per heavy atom. The van der Waals surface area contributed by atoms with Crippen molar-refractivity contribution in [2.75, 3.05) is 17.7 Å². The zero-order valence-corrected chi connectivity index (χ0v) is 16.7. The second-order valence-corrected chi connectivity index (χ2v) is 6.72. The number of carbonyl (C=O) groups excluding carboxylic acids is 1. The average Bonchev–Trinajstić information content (AvgIpc) is 2.77. The number of para-hydroxylation sites is 2. The highest BCUT2D eigenvalue weighted by Gasteiger charge is 2.13. The Balaban J connectivity index is 1.54. The van der Waals surface area contributed by atoms with E-state index in [1.165, 1.54) is 0 Å². The number of benzene rings is 2. The van der Waals surface area contributed by atoms with Crippen LogP contribution < -0.4 is 15.4 Å². The van der Waals surface area contributed by atoms with Crippen molar-refractivity contribution in [3.8, 4) is 5.75 Å². The fourth-order valence-corrected chi connectivity index (χ4v) is 3.18. The minimum atomic E-state index is -0.320. The lowest BCUT2D eigenvalue weighted by atomic mass is 10.2. The van der Waals surface area contributed by atoms with E-state index in [-0.39, 0.29) is 11.6 Å². The number of pyridine rings is 1. The van der Waals surface area contributed by atoms with Crippen LogP contribution in [0.2, 0.25) is 0 Å². The first-order chi connectivity index (χ1) is 14.6. The Kier molecular flexibility index (Phi) is 5.52. The van der Waals surface area contributed by atoms with Crippen LogP contribution in [-0.4, -0.2) is 28.0 Å². The summed E-state index contributed by atoms with van der Waals surface area (Å²) in [4.78, 5) is 26.0. The third-order valence-electron chi connectivity index (χ3n) is 4.60. The molecule has 30 heavy (non-hydrogen) atoms. The molecule has 0 atom stereocenters. The summed E-state index contributed by atoms with van der Waals surface area (Å²) in [7, 11) is 1.63. The number of anilines is 2. The zero-order valence-electron chi connectivity index (χ0n) is 16.7. The maximum atomic E-state index is 12.9. The SMILES string of the molecule is COc1ccccc1CNc1nc(C)cc(C(=O)Nc2cccc3cccnc23)n1. The number of aromatic nitrogens is 3. The molecule has 2 heterocycles. The van der Waals surface area contributed by atoms with Crippen molar-refractivity contribution in [1.29, 1.82) is 0 Å². The number of methoxy groups -OCH3 is 1. The molecule has 0 saturated heterocycles. The quantitative estimate of drug-likeness (QED) is 0.505. The van der Waals surface area contributed by atoms with Gasteiger partial charge in [-0.3, -0.25) is 9.78 Å². The molecular weight excluding hydrogens is 378 g/mol. The molecule has 4 aromatic rings. The largest absolute Gasteiger partial charge is 0.496 e. The maximum Gasteiger partial charge on any atom is 0.274 e. The second-order valence-electron chi connectivity index (χ2n) is 6.72. The van der Waals surface area contributed by atoms with Gasteiger partial charge in [-0.05, 0) is 31.2 Å². The van der Waals surface area contributed by atoms with Crippen LogP contribution in [0, 0.1) is 6.92 Å². The number of amides is 1. The van der Waals surface area contributed by atoms with Crippen molar-refractivity contribution in [3.63, 3.8) is 0 Å². The van der Waals surface area contributed by atoms with E-state index >= 15 is 0 Å². The molecule has 1 amide bonds. The molecule has 7 nitrogen and oxygen atoms in total. The molecular formula is C23H21N5O2. The van der Waals surface area contributed by atoms with Crippen LogP contribution in [0.25, 0.3) is 10.9 Å². The number of carbonyl (C=O) groups is 1. The molecule has 2 aromatic carbocycles. The molecule has 150 valence electrons. The summed E-state index contributed by atoms with van der Waals surface area (Å²) >= 11 is 0. The van der Waals surface area contributed by atoms with Crippen LogP contribution in [0.3, 0.4) is 0 Å². The molecule has 0 radical (unpaired) electrons. The Morgan fingerprint density at radius 2 is 1.87 bits per heavy atom. The van der Waals surface area contributed by atoms with Gasteiger partial charge in [0, 0.05) is 29.4 Å². The highest BCUT2D eigenvalue weighted by molar-refractivity contribution is 6.07. The molecule has 0 bridgehead atoms. The second kappa shape index (κ2) is 8.57. The van der Waals surface area contributed by atoms with Gasteiger partial charge in [0.1, 0.15) is 11.4 Å². The van der Waals surface area contributed by atoms with Gasteiger partial charge in [0.25, 0.3) is 5.91 Å². The number of aryl methyl sites for hydroxylation is 1. The van der Waals surface area contributed by atoms with Crippen LogP contribution in [0.5, 0.6) is 5.75 Å². The molecule has 0 unspecified atom stereocenters. The van der Waals surface area contributed by atoms with Gasteiger partial charge >= 0.3 is 0 Å². The lowest BCUT2D eigenvalue weighted by molar-refractivity contribution is 0.102. The minimum absolute atomic E-state index is 0.276. The Labute approximate surface area is 174 Å². The fourth-order valence-electron chi connectivity index (χ4n) is 3.18. The molecule has 4 rings (SSSR count). The number of hydrogen-bond donors (Lipinski definition) is 2. The highest BCUT2D eigenvalue weighted by atomic mass is 16.5. The highest BCUT2D eigenvalue weighted by Crippen LogP contribution is 2.22. The maximum absolute atomic E-state index is 12.9. The number of fused-ring (bicyclic) bond motifs is 1. The first-order valence-electron chi connectivity index (χ1n) is 9.50. The van der Waals surface area contributed by atoms with Crippen LogP contribution in [0.4, 0.5) is 11.6 Å². The van der Waals surface area contributed by atoms with E-state index in [1.807, 2.05) is 61.5 Å². The third kappa shape index (κ3) is 4.20. The number of hydrogen-bond acceptors (Lipinski definition) is 6. The first-order valence-corrected chi connectivity index (χ1v) is 9.50. The summed E-state index contributed by atoms with van der Waals surface area (Å²) in [5.41, 5.74) is 3.30. The molecule has 0 spiro atoms. The van der Waals surface area contributed by atoms with Crippen molar-refractivity contribution in [3.05, 3.63) is 83.8 Å². The summed E-state index contributed by atoms with van der Waals surface area (Å²) < 4.78 is 5.37. The van der Waals surface area contributed by atoms with Gasteiger partial charge in [0.05, 0.1) is 18.3 Å². The van der Waals surface area contributed by atoms with Crippen LogP contribution in [0.1, 0.15) is 21.7 Å². The van der Waals surface area contributed by atoms with Gasteiger partial charge in [-0.2, -0.15) is 0 Å². The standard InChI is InChI=1S/C23H21N5O2/c1-15-13-19(22(29)27-18-10-5-8-16-9-6-12-24-21(16)18)28-23(26-15)25-14-17-7-3-4-11-20(17)30-2/h3-13H,14H2,1-2H3,(H,27,29)(H,25,26,28). The van der Waals surface area contributed by atoms with Crippen LogP contribution in [-0.2, 0) is 6.54 Å². The predicted molar refractivity (Wildman–Crippen MR) is 117 cm³/mol. The van der Waals surface area contributed by atoms with E-state index in [4.69, 9.17) is 4.74 Å². The summed E-state index contributed by atoms with van der Waals surface area (Å²) in [5, 5.41) is 7.03. The van der Waals surface area contributed by atoms with Crippen molar-refractivity contribution in [1.82, 2.24) is 15.0 Å². The molecule has 7 heteroatoms. The smallest absolute Gasteiger partial charge is 0.274 e. The molecule has 0 aliphatic carbocycles. The summed E-state index contributed by atoms with van der Waals surface area (Å²) in [6.45, 7) is 2.30.